The average Bonchev–Trinajstić information content (AvgIpc) is 3.03. The number of rotatable bonds is 6. The fourth-order valence-electron chi connectivity index (χ4n) is 2.81. The zero-order chi connectivity index (χ0) is 17.9. The molecule has 24 heavy (non-hydrogen) atoms. The molecule has 2 atom stereocenters. The molecule has 1 aromatic carbocycles. The lowest BCUT2D eigenvalue weighted by Crippen LogP contribution is -2.30. The van der Waals surface area contributed by atoms with Gasteiger partial charge < -0.3 is 5.32 Å². The van der Waals surface area contributed by atoms with Gasteiger partial charge in [0.2, 0.25) is 0 Å². The molecule has 0 spiro atoms. The van der Waals surface area contributed by atoms with E-state index < -0.39 is 0 Å². The van der Waals surface area contributed by atoms with Crippen LogP contribution in [-0.2, 0) is 6.42 Å². The van der Waals surface area contributed by atoms with Gasteiger partial charge in [0.1, 0.15) is 4.99 Å². The van der Waals surface area contributed by atoms with Crippen LogP contribution >= 0.6 is 20.4 Å². The maximum Gasteiger partial charge on any atom is 0.277 e. The van der Waals surface area contributed by atoms with E-state index >= 15 is 0 Å². The Balaban J connectivity index is 2.62. The summed E-state index contributed by atoms with van der Waals surface area (Å²) in [4.78, 5) is 12.0. The summed E-state index contributed by atoms with van der Waals surface area (Å²) in [5.74, 6) is 2.06. The minimum absolute atomic E-state index is 0.160. The first kappa shape index (κ1) is 18.6. The molecule has 0 fully saturated rings. The number of aryl methyl sites for hydroxylation is 1. The van der Waals surface area contributed by atoms with E-state index in [2.05, 4.69) is 25.0 Å². The highest BCUT2D eigenvalue weighted by atomic mass is 32.1. The van der Waals surface area contributed by atoms with Crippen LogP contribution < -0.4 is 5.32 Å². The Morgan fingerprint density at radius 3 is 2.67 bits per heavy atom. The summed E-state index contributed by atoms with van der Waals surface area (Å²) in [5.41, 5.74) is 3.90. The van der Waals surface area contributed by atoms with Gasteiger partial charge in [-0.05, 0) is 49.7 Å². The molecule has 0 bridgehead atoms. The molecule has 1 aromatic heterocycles. The average molecular weight is 362 g/mol. The summed E-state index contributed by atoms with van der Waals surface area (Å²) in [6.45, 7) is 8.23. The first-order valence-electron chi connectivity index (χ1n) is 8.16. The number of nitrogens with one attached hydrogen (secondary N) is 1. The van der Waals surface area contributed by atoms with Crippen molar-refractivity contribution in [2.24, 2.45) is 0 Å². The minimum Gasteiger partial charge on any atom is -0.373 e. The second kappa shape index (κ2) is 7.91. The van der Waals surface area contributed by atoms with Crippen molar-refractivity contribution < 1.29 is 4.92 Å². The number of nitro benzene ring substituents is 1. The fourth-order valence-corrected chi connectivity index (χ4v) is 4.28. The topological polar surface area (TPSA) is 55.2 Å². The number of benzene rings is 1. The molecule has 0 saturated heterocycles. The molecule has 1 heterocycles. The zero-order valence-corrected chi connectivity index (χ0v) is 16.3. The zero-order valence-electron chi connectivity index (χ0n) is 14.5. The van der Waals surface area contributed by atoms with Crippen LogP contribution in [0, 0.1) is 17.0 Å². The summed E-state index contributed by atoms with van der Waals surface area (Å²) >= 11 is 5.58. The van der Waals surface area contributed by atoms with Crippen LogP contribution in [0.25, 0.3) is 11.1 Å². The van der Waals surface area contributed by atoms with Crippen LogP contribution in [-0.4, -0.2) is 16.0 Å². The second-order valence-corrected chi connectivity index (χ2v) is 7.45. The number of nitro groups is 1. The van der Waals surface area contributed by atoms with E-state index in [1.165, 1.54) is 0 Å². The predicted molar refractivity (Wildman–Crippen MR) is 107 cm³/mol. The van der Waals surface area contributed by atoms with Crippen LogP contribution in [0.1, 0.15) is 43.6 Å². The quantitative estimate of drug-likeness (QED) is 0.434. The molecule has 0 aliphatic carbocycles. The third-order valence-electron chi connectivity index (χ3n) is 4.31. The Bertz CT molecular complexity index is 770. The summed E-state index contributed by atoms with van der Waals surface area (Å²) in [5, 5.41) is 15.9. The van der Waals surface area contributed by atoms with E-state index in [0.717, 1.165) is 40.4 Å². The Morgan fingerprint density at radius 2 is 2.08 bits per heavy atom. The summed E-state index contributed by atoms with van der Waals surface area (Å²) in [6.07, 6.45) is 1.73. The normalized spacial score (nSPS) is 12.3. The van der Waals surface area contributed by atoms with E-state index in [4.69, 9.17) is 12.2 Å². The van der Waals surface area contributed by atoms with Gasteiger partial charge in [0.15, 0.2) is 0 Å². The van der Waals surface area contributed by atoms with Gasteiger partial charge in [-0.15, -0.1) is 8.19 Å². The van der Waals surface area contributed by atoms with Gasteiger partial charge in [-0.3, -0.25) is 10.1 Å². The molecule has 0 saturated carbocycles. The lowest BCUT2D eigenvalue weighted by Gasteiger charge is -2.16. The molecule has 2 aromatic rings. The predicted octanol–water partition coefficient (Wildman–Crippen LogP) is 5.23. The standard InChI is InChI=1S/C18H23N2O2PS/c1-5-12(4)19-18(24)17-14(9-10-23-17)16-13(6-2)11(3)7-8-15(16)20(21)22/h7-10,12,23H,5-6H2,1-4H3,(H,19,24). The van der Waals surface area contributed by atoms with E-state index in [1.807, 2.05) is 26.0 Å². The number of hydrogen-bond acceptors (Lipinski definition) is 3. The second-order valence-electron chi connectivity index (χ2n) is 5.91. The summed E-state index contributed by atoms with van der Waals surface area (Å²) < 4.78 is 0. The minimum atomic E-state index is -0.293. The molecule has 0 aliphatic heterocycles. The summed E-state index contributed by atoms with van der Waals surface area (Å²) in [7, 11) is 0.444. The SMILES string of the molecule is CCc1c(C)ccc([N+](=O)[O-])c1-c1cc[pH]c1C(=S)NC(C)CC. The van der Waals surface area contributed by atoms with E-state index in [0.29, 0.717) is 13.2 Å². The van der Waals surface area contributed by atoms with Gasteiger partial charge in [-0.2, -0.15) is 0 Å². The maximum absolute atomic E-state index is 11.6. The highest BCUT2D eigenvalue weighted by Gasteiger charge is 2.24. The van der Waals surface area contributed by atoms with Gasteiger partial charge in [0.05, 0.1) is 10.5 Å². The molecule has 128 valence electrons. The lowest BCUT2D eigenvalue weighted by molar-refractivity contribution is -0.384. The van der Waals surface area contributed by atoms with Crippen LogP contribution in [0.4, 0.5) is 5.69 Å². The van der Waals surface area contributed by atoms with Gasteiger partial charge in [0, 0.05) is 23.0 Å². The molecule has 2 unspecified atom stereocenters. The highest BCUT2D eigenvalue weighted by molar-refractivity contribution is 7.81. The van der Waals surface area contributed by atoms with Crippen molar-refractivity contribution in [1.29, 1.82) is 0 Å². The number of thiocarbonyl (C=S) groups is 1. The van der Waals surface area contributed by atoms with Crippen molar-refractivity contribution in [3.63, 3.8) is 0 Å². The maximum atomic E-state index is 11.6. The van der Waals surface area contributed by atoms with Gasteiger partial charge in [-0.25, -0.2) is 0 Å². The van der Waals surface area contributed by atoms with Crippen LogP contribution in [0.5, 0.6) is 0 Å². The Kier molecular flexibility index (Phi) is 6.14. The smallest absolute Gasteiger partial charge is 0.277 e. The van der Waals surface area contributed by atoms with Crippen molar-refractivity contribution >= 4 is 31.1 Å². The number of nitrogens with zero attached hydrogens (tertiary/aromatic N) is 1. The Morgan fingerprint density at radius 1 is 1.38 bits per heavy atom. The number of hydrogen-bond donors (Lipinski definition) is 1. The molecule has 0 amide bonds. The molecule has 0 radical (unpaired) electrons. The van der Waals surface area contributed by atoms with Crippen molar-refractivity contribution in [3.05, 3.63) is 50.5 Å². The molecule has 0 aliphatic rings. The molecular weight excluding hydrogens is 339 g/mol. The highest BCUT2D eigenvalue weighted by Crippen LogP contribution is 2.40. The van der Waals surface area contributed by atoms with Crippen LogP contribution in [0.2, 0.25) is 0 Å². The lowest BCUT2D eigenvalue weighted by atomic mass is 9.93. The van der Waals surface area contributed by atoms with Gasteiger partial charge in [-0.1, -0.05) is 32.1 Å². The summed E-state index contributed by atoms with van der Waals surface area (Å²) in [6, 6.07) is 5.71. The molecular formula is C18H23N2O2PS. The molecule has 6 heteroatoms. The first-order chi connectivity index (χ1) is 11.4. The molecule has 1 N–H and O–H groups in total. The Hall–Kier alpha value is -1.71. The van der Waals surface area contributed by atoms with Crippen molar-refractivity contribution in [3.8, 4) is 11.1 Å². The van der Waals surface area contributed by atoms with Gasteiger partial charge in [0.25, 0.3) is 5.69 Å². The third kappa shape index (κ3) is 3.68. The van der Waals surface area contributed by atoms with Gasteiger partial charge >= 0.3 is 0 Å². The van der Waals surface area contributed by atoms with Crippen LogP contribution in [0.3, 0.4) is 0 Å². The van der Waals surface area contributed by atoms with E-state index in [9.17, 15) is 10.1 Å². The van der Waals surface area contributed by atoms with Crippen molar-refractivity contribution in [2.75, 3.05) is 0 Å². The molecule has 2 rings (SSSR count). The first-order valence-corrected chi connectivity index (χ1v) is 9.64. The third-order valence-corrected chi connectivity index (χ3v) is 5.95. The van der Waals surface area contributed by atoms with Crippen molar-refractivity contribution in [1.82, 2.24) is 5.32 Å². The van der Waals surface area contributed by atoms with E-state index in [1.54, 1.807) is 6.07 Å². The monoisotopic (exact) mass is 362 g/mol. The molecule has 4 nitrogen and oxygen atoms in total. The Labute approximate surface area is 149 Å². The van der Waals surface area contributed by atoms with Crippen molar-refractivity contribution in [2.45, 2.75) is 46.6 Å². The largest absolute Gasteiger partial charge is 0.373 e. The van der Waals surface area contributed by atoms with E-state index in [-0.39, 0.29) is 16.7 Å². The van der Waals surface area contributed by atoms with Crippen LogP contribution in [0.15, 0.2) is 24.0 Å². The fraction of sp³-hybridized carbons (Fsp3) is 0.389.